The molecule has 0 N–H and O–H groups in total. The van der Waals surface area contributed by atoms with E-state index < -0.39 is 0 Å². The van der Waals surface area contributed by atoms with E-state index >= 15 is 0 Å². The van der Waals surface area contributed by atoms with Crippen molar-refractivity contribution in [3.63, 3.8) is 0 Å². The summed E-state index contributed by atoms with van der Waals surface area (Å²) in [6.07, 6.45) is 13.3. The Hall–Kier alpha value is -2.35. The molecule has 0 heterocycles. The highest BCUT2D eigenvalue weighted by atomic mass is 16.5. The molecule has 0 amide bonds. The topological polar surface area (TPSA) is 21.6 Å². The Morgan fingerprint density at radius 1 is 1.15 bits per heavy atom. The molecule has 0 fully saturated rings. The van der Waals surface area contributed by atoms with E-state index in [1.807, 2.05) is 36.4 Å². The highest BCUT2D eigenvalue weighted by molar-refractivity contribution is 6.11. The van der Waals surface area contributed by atoms with Gasteiger partial charge < -0.3 is 4.74 Å². The summed E-state index contributed by atoms with van der Waals surface area (Å²) in [6.45, 7) is 0. The SMILES string of the molecule is CN=C1C=C(OC)C=C/C1=C\C/C=C/c1ccccc1. The highest BCUT2D eigenvalue weighted by Crippen LogP contribution is 2.15. The van der Waals surface area contributed by atoms with Gasteiger partial charge in [0.2, 0.25) is 0 Å². The van der Waals surface area contributed by atoms with Crippen LogP contribution in [0.2, 0.25) is 0 Å². The van der Waals surface area contributed by atoms with Gasteiger partial charge in [0.25, 0.3) is 0 Å². The molecule has 0 atom stereocenters. The number of allylic oxidation sites excluding steroid dienone is 6. The summed E-state index contributed by atoms with van der Waals surface area (Å²) in [6, 6.07) is 10.3. The van der Waals surface area contributed by atoms with Crippen molar-refractivity contribution in [1.82, 2.24) is 0 Å². The van der Waals surface area contributed by atoms with Crippen LogP contribution in [0, 0.1) is 0 Å². The van der Waals surface area contributed by atoms with E-state index in [4.69, 9.17) is 4.74 Å². The summed E-state index contributed by atoms with van der Waals surface area (Å²) >= 11 is 0. The molecule has 0 bridgehead atoms. The number of hydrogen-bond acceptors (Lipinski definition) is 2. The van der Waals surface area contributed by atoms with Gasteiger partial charge in [0, 0.05) is 13.1 Å². The van der Waals surface area contributed by atoms with E-state index in [0.717, 1.165) is 23.5 Å². The van der Waals surface area contributed by atoms with Crippen molar-refractivity contribution in [2.45, 2.75) is 6.42 Å². The second-order valence-corrected chi connectivity index (χ2v) is 4.40. The smallest absolute Gasteiger partial charge is 0.121 e. The third-order valence-electron chi connectivity index (χ3n) is 3.06. The van der Waals surface area contributed by atoms with Crippen LogP contribution in [-0.2, 0) is 4.74 Å². The number of ether oxygens (including phenoxy) is 1. The number of methoxy groups -OCH3 is 1. The molecule has 1 aromatic carbocycles. The Morgan fingerprint density at radius 3 is 2.65 bits per heavy atom. The largest absolute Gasteiger partial charge is 0.497 e. The van der Waals surface area contributed by atoms with Crippen LogP contribution in [0.5, 0.6) is 0 Å². The predicted molar refractivity (Wildman–Crippen MR) is 85.8 cm³/mol. The molecule has 2 rings (SSSR count). The van der Waals surface area contributed by atoms with Crippen molar-refractivity contribution in [2.24, 2.45) is 4.99 Å². The maximum Gasteiger partial charge on any atom is 0.121 e. The van der Waals surface area contributed by atoms with Crippen molar-refractivity contribution < 1.29 is 4.74 Å². The zero-order valence-corrected chi connectivity index (χ0v) is 11.9. The third kappa shape index (κ3) is 3.82. The molecule has 0 saturated carbocycles. The molecule has 1 aliphatic rings. The highest BCUT2D eigenvalue weighted by Gasteiger charge is 2.07. The van der Waals surface area contributed by atoms with E-state index in [1.165, 1.54) is 5.56 Å². The molecule has 0 aromatic heterocycles. The summed E-state index contributed by atoms with van der Waals surface area (Å²) in [5, 5.41) is 0. The molecule has 102 valence electrons. The van der Waals surface area contributed by atoms with Crippen LogP contribution in [0.25, 0.3) is 6.08 Å². The van der Waals surface area contributed by atoms with Gasteiger partial charge in [-0.05, 0) is 29.7 Å². The van der Waals surface area contributed by atoms with Gasteiger partial charge in [-0.25, -0.2) is 0 Å². The average Bonchev–Trinajstić information content (AvgIpc) is 2.52. The summed E-state index contributed by atoms with van der Waals surface area (Å²) < 4.78 is 5.21. The van der Waals surface area contributed by atoms with Gasteiger partial charge in [-0.3, -0.25) is 4.99 Å². The van der Waals surface area contributed by atoms with Crippen molar-refractivity contribution >= 4 is 11.8 Å². The van der Waals surface area contributed by atoms with Gasteiger partial charge in [-0.2, -0.15) is 0 Å². The molecule has 0 aliphatic heterocycles. The van der Waals surface area contributed by atoms with Gasteiger partial charge in [0.05, 0.1) is 12.8 Å². The number of aliphatic imine (C=N–C) groups is 1. The first-order valence-corrected chi connectivity index (χ1v) is 6.66. The summed E-state index contributed by atoms with van der Waals surface area (Å²) in [5.74, 6) is 0.836. The number of benzene rings is 1. The van der Waals surface area contributed by atoms with Gasteiger partial charge in [-0.1, -0.05) is 48.6 Å². The molecule has 0 spiro atoms. The molecule has 0 radical (unpaired) electrons. The molecule has 1 aliphatic carbocycles. The predicted octanol–water partition coefficient (Wildman–Crippen LogP) is 4.19. The number of nitrogens with zero attached hydrogens (tertiary/aromatic N) is 1. The molecule has 1 aromatic rings. The quantitative estimate of drug-likeness (QED) is 0.800. The maximum absolute atomic E-state index is 5.21. The van der Waals surface area contributed by atoms with Gasteiger partial charge in [0.15, 0.2) is 0 Å². The Balaban J connectivity index is 2.00. The monoisotopic (exact) mass is 265 g/mol. The fraction of sp³-hybridized carbons (Fsp3) is 0.167. The van der Waals surface area contributed by atoms with Crippen molar-refractivity contribution in [3.05, 3.63) is 77.6 Å². The number of rotatable bonds is 4. The minimum atomic E-state index is 0.836. The first-order chi connectivity index (χ1) is 9.83. The van der Waals surface area contributed by atoms with Crippen LogP contribution in [0.1, 0.15) is 12.0 Å². The standard InChI is InChI=1S/C18H19NO/c1-19-18-14-17(20-2)13-12-16(18)11-7-6-10-15-8-4-3-5-9-15/h3-6,8-14H,7H2,1-2H3/b10-6+,16-11+,19-18?. The molecular weight excluding hydrogens is 246 g/mol. The molecule has 0 saturated heterocycles. The fourth-order valence-corrected chi connectivity index (χ4v) is 1.98. The summed E-state index contributed by atoms with van der Waals surface area (Å²) in [7, 11) is 3.46. The van der Waals surface area contributed by atoms with E-state index in [0.29, 0.717) is 0 Å². The normalized spacial score (nSPS) is 18.8. The van der Waals surface area contributed by atoms with Gasteiger partial charge in [-0.15, -0.1) is 0 Å². The number of hydrogen-bond donors (Lipinski definition) is 0. The molecule has 2 nitrogen and oxygen atoms in total. The summed E-state index contributed by atoms with van der Waals surface area (Å²) in [4.78, 5) is 4.28. The van der Waals surface area contributed by atoms with Gasteiger partial charge >= 0.3 is 0 Å². The zero-order chi connectivity index (χ0) is 14.2. The Morgan fingerprint density at radius 2 is 1.95 bits per heavy atom. The van der Waals surface area contributed by atoms with Crippen molar-refractivity contribution in [3.8, 4) is 0 Å². The summed E-state index contributed by atoms with van der Waals surface area (Å²) in [5.41, 5.74) is 3.31. The fourth-order valence-electron chi connectivity index (χ4n) is 1.98. The van der Waals surface area contributed by atoms with Crippen LogP contribution in [0.3, 0.4) is 0 Å². The zero-order valence-electron chi connectivity index (χ0n) is 11.9. The van der Waals surface area contributed by atoms with Crippen LogP contribution in [0.15, 0.2) is 77.0 Å². The lowest BCUT2D eigenvalue weighted by Crippen LogP contribution is -2.03. The second-order valence-electron chi connectivity index (χ2n) is 4.40. The second kappa shape index (κ2) is 7.29. The maximum atomic E-state index is 5.21. The minimum Gasteiger partial charge on any atom is -0.497 e. The van der Waals surface area contributed by atoms with E-state index in [9.17, 15) is 0 Å². The van der Waals surface area contributed by atoms with Crippen LogP contribution in [-0.4, -0.2) is 19.9 Å². The Labute approximate surface area is 120 Å². The van der Waals surface area contributed by atoms with E-state index in [2.05, 4.69) is 35.4 Å². The first-order valence-electron chi connectivity index (χ1n) is 6.66. The van der Waals surface area contributed by atoms with Crippen molar-refractivity contribution in [2.75, 3.05) is 14.2 Å². The molecular formula is C18H19NO. The van der Waals surface area contributed by atoms with Crippen LogP contribution >= 0.6 is 0 Å². The third-order valence-corrected chi connectivity index (χ3v) is 3.06. The van der Waals surface area contributed by atoms with Crippen molar-refractivity contribution in [1.29, 1.82) is 0 Å². The van der Waals surface area contributed by atoms with Crippen LogP contribution < -0.4 is 0 Å². The lowest BCUT2D eigenvalue weighted by molar-refractivity contribution is 0.307. The average molecular weight is 265 g/mol. The molecule has 20 heavy (non-hydrogen) atoms. The lowest BCUT2D eigenvalue weighted by Gasteiger charge is -2.10. The minimum absolute atomic E-state index is 0.836. The van der Waals surface area contributed by atoms with Gasteiger partial charge in [0.1, 0.15) is 5.76 Å². The van der Waals surface area contributed by atoms with E-state index in [1.54, 1.807) is 14.2 Å². The van der Waals surface area contributed by atoms with Crippen LogP contribution in [0.4, 0.5) is 0 Å². The Bertz CT molecular complexity index is 589. The molecule has 2 heteroatoms. The molecule has 0 unspecified atom stereocenters. The Kier molecular flexibility index (Phi) is 5.13. The first kappa shape index (κ1) is 14.1. The van der Waals surface area contributed by atoms with E-state index in [-0.39, 0.29) is 0 Å². The lowest BCUT2D eigenvalue weighted by atomic mass is 10.0.